The lowest BCUT2D eigenvalue weighted by Crippen LogP contribution is -1.48. The second kappa shape index (κ2) is 5.23. The average Bonchev–Trinajstić information content (AvgIpc) is 1.69. The molecule has 0 aromatic carbocycles. The van der Waals surface area contributed by atoms with Crippen molar-refractivity contribution in [2.75, 3.05) is 0 Å². The summed E-state index contributed by atoms with van der Waals surface area (Å²) in [7, 11) is 0. The van der Waals surface area contributed by atoms with Gasteiger partial charge in [-0.05, 0) is 18.4 Å². The molecule has 0 rings (SSSR count). The van der Waals surface area contributed by atoms with E-state index in [1.165, 1.54) is 12.3 Å². The van der Waals surface area contributed by atoms with Crippen LogP contribution in [0.3, 0.4) is 0 Å². The summed E-state index contributed by atoms with van der Waals surface area (Å²) in [6.45, 7) is 1.97. The lowest BCUT2D eigenvalue weighted by atomic mass is 10.4. The zero-order chi connectivity index (χ0) is 5.54. The van der Waals surface area contributed by atoms with E-state index in [9.17, 15) is 4.39 Å². The molecule has 0 nitrogen and oxygen atoms in total. The Kier molecular flexibility index (Phi) is 4.65. The predicted molar refractivity (Wildman–Crippen MR) is 28.3 cm³/mol. The Morgan fingerprint density at radius 3 is 2.86 bits per heavy atom. The first-order valence-corrected chi connectivity index (χ1v) is 2.18. The summed E-state index contributed by atoms with van der Waals surface area (Å²) >= 11 is 0. The van der Waals surface area contributed by atoms with Crippen molar-refractivity contribution in [3.63, 3.8) is 0 Å². The second-order valence-electron chi connectivity index (χ2n) is 1.05. The Hall–Kier alpha value is -0.770. The van der Waals surface area contributed by atoms with Gasteiger partial charge in [-0.1, -0.05) is 13.0 Å². The minimum atomic E-state index is 0.911. The first kappa shape index (κ1) is 6.23. The van der Waals surface area contributed by atoms with Crippen LogP contribution in [0, 0.1) is 12.1 Å². The molecule has 0 aromatic rings. The van der Waals surface area contributed by atoms with Gasteiger partial charge in [0.25, 0.3) is 0 Å². The molecule has 0 heterocycles. The van der Waals surface area contributed by atoms with E-state index in [0.717, 1.165) is 6.42 Å². The minimum Gasteiger partial charge on any atom is -0.144 e. The van der Waals surface area contributed by atoms with Crippen LogP contribution in [0.5, 0.6) is 0 Å². The quantitative estimate of drug-likeness (QED) is 0.439. The Bertz CT molecular complexity index is 103. The van der Waals surface area contributed by atoms with Crippen LogP contribution >= 0.6 is 0 Å². The molecule has 0 fully saturated rings. The third-order valence-electron chi connectivity index (χ3n) is 0.491. The summed E-state index contributed by atoms with van der Waals surface area (Å²) in [5.41, 5.74) is 0. The Labute approximate surface area is 43.0 Å². The molecule has 0 aliphatic carbocycles. The van der Waals surface area contributed by atoms with Crippen molar-refractivity contribution in [2.24, 2.45) is 0 Å². The fourth-order valence-corrected chi connectivity index (χ4v) is 0.208. The first-order valence-electron chi connectivity index (χ1n) is 2.18. The molecule has 0 aliphatic rings. The predicted octanol–water partition coefficient (Wildman–Crippen LogP) is 1.88. The van der Waals surface area contributed by atoms with E-state index in [4.69, 9.17) is 0 Å². The summed E-state index contributed by atoms with van der Waals surface area (Å²) in [4.78, 5) is 0. The number of hydrogen-bond acceptors (Lipinski definition) is 0. The van der Waals surface area contributed by atoms with Crippen LogP contribution in [-0.4, -0.2) is 0 Å². The SMILES string of the molecule is CCC=CC#CF. The molecule has 0 N–H and O–H groups in total. The lowest BCUT2D eigenvalue weighted by Gasteiger charge is -1.65. The topological polar surface area (TPSA) is 0 Å². The molecule has 0 bridgehead atoms. The number of rotatable bonds is 1. The smallest absolute Gasteiger partial charge is 0.110 e. The number of halogens is 1. The molecule has 0 saturated heterocycles. The van der Waals surface area contributed by atoms with Gasteiger partial charge in [0, 0.05) is 0 Å². The van der Waals surface area contributed by atoms with Crippen molar-refractivity contribution >= 4 is 0 Å². The summed E-state index contributed by atoms with van der Waals surface area (Å²) < 4.78 is 10.9. The summed E-state index contributed by atoms with van der Waals surface area (Å²) in [6.07, 6.45) is 5.48. The third-order valence-corrected chi connectivity index (χ3v) is 0.491. The van der Waals surface area contributed by atoms with E-state index in [-0.39, 0.29) is 0 Å². The third kappa shape index (κ3) is 5.23. The molecular formula is C6H7F. The van der Waals surface area contributed by atoms with Gasteiger partial charge in [-0.3, -0.25) is 0 Å². The van der Waals surface area contributed by atoms with Gasteiger partial charge in [-0.25, -0.2) is 0 Å². The zero-order valence-electron chi connectivity index (χ0n) is 4.24. The van der Waals surface area contributed by atoms with Crippen LogP contribution < -0.4 is 0 Å². The van der Waals surface area contributed by atoms with E-state index >= 15 is 0 Å². The van der Waals surface area contributed by atoms with E-state index in [0.29, 0.717) is 0 Å². The molecule has 0 unspecified atom stereocenters. The number of hydrogen-bond donors (Lipinski definition) is 0. The zero-order valence-corrected chi connectivity index (χ0v) is 4.24. The van der Waals surface area contributed by atoms with Crippen LogP contribution in [0.15, 0.2) is 12.2 Å². The van der Waals surface area contributed by atoms with Gasteiger partial charge < -0.3 is 0 Å². The Balaban J connectivity index is 3.21. The van der Waals surface area contributed by atoms with Gasteiger partial charge in [0.1, 0.15) is 6.17 Å². The van der Waals surface area contributed by atoms with E-state index in [1.54, 1.807) is 6.08 Å². The molecule has 0 atom stereocenters. The standard InChI is InChI=1S/C6H7F/c1-2-3-4-5-6-7/h3-4H,2H2,1H3. The van der Waals surface area contributed by atoms with Crippen LogP contribution in [-0.2, 0) is 0 Å². The van der Waals surface area contributed by atoms with Gasteiger partial charge in [0.05, 0.1) is 0 Å². The molecule has 0 saturated carbocycles. The molecular weight excluding hydrogens is 91.1 g/mol. The maximum Gasteiger partial charge on any atom is 0.110 e. The van der Waals surface area contributed by atoms with E-state index in [1.807, 2.05) is 6.92 Å². The van der Waals surface area contributed by atoms with Crippen LogP contribution in [0.2, 0.25) is 0 Å². The van der Waals surface area contributed by atoms with Gasteiger partial charge in [0.15, 0.2) is 0 Å². The summed E-state index contributed by atoms with van der Waals surface area (Å²) in [5, 5.41) is 0. The first-order chi connectivity index (χ1) is 3.41. The molecule has 0 aliphatic heterocycles. The monoisotopic (exact) mass is 98.1 g/mol. The Morgan fingerprint density at radius 1 is 1.71 bits per heavy atom. The highest BCUT2D eigenvalue weighted by atomic mass is 19.1. The lowest BCUT2D eigenvalue weighted by molar-refractivity contribution is 0.774. The largest absolute Gasteiger partial charge is 0.144 e. The van der Waals surface area contributed by atoms with Crippen LogP contribution in [0.25, 0.3) is 0 Å². The molecule has 0 amide bonds. The van der Waals surface area contributed by atoms with Gasteiger partial charge in [-0.15, -0.1) is 4.39 Å². The minimum absolute atomic E-state index is 0.911. The fraction of sp³-hybridized carbons (Fsp3) is 0.333. The van der Waals surface area contributed by atoms with Gasteiger partial charge >= 0.3 is 0 Å². The van der Waals surface area contributed by atoms with E-state index < -0.39 is 0 Å². The molecule has 0 spiro atoms. The summed E-state index contributed by atoms with van der Waals surface area (Å²) in [5.74, 6) is 2.15. The maximum atomic E-state index is 10.9. The normalized spacial score (nSPS) is 8.29. The van der Waals surface area contributed by atoms with Crippen molar-refractivity contribution in [3.05, 3.63) is 12.2 Å². The van der Waals surface area contributed by atoms with Crippen molar-refractivity contribution in [1.29, 1.82) is 0 Å². The van der Waals surface area contributed by atoms with Crippen molar-refractivity contribution in [2.45, 2.75) is 13.3 Å². The van der Waals surface area contributed by atoms with Crippen LogP contribution in [0.4, 0.5) is 4.39 Å². The Morgan fingerprint density at radius 2 is 2.43 bits per heavy atom. The fourth-order valence-electron chi connectivity index (χ4n) is 0.208. The van der Waals surface area contributed by atoms with Gasteiger partial charge in [-0.2, -0.15) is 0 Å². The highest BCUT2D eigenvalue weighted by Gasteiger charge is 1.58. The molecule has 0 radical (unpaired) electrons. The van der Waals surface area contributed by atoms with Gasteiger partial charge in [0.2, 0.25) is 0 Å². The number of allylic oxidation sites excluding steroid dienone is 2. The van der Waals surface area contributed by atoms with Crippen molar-refractivity contribution in [3.8, 4) is 12.1 Å². The highest BCUT2D eigenvalue weighted by molar-refractivity contribution is 5.10. The van der Waals surface area contributed by atoms with Crippen molar-refractivity contribution in [1.82, 2.24) is 0 Å². The molecule has 1 heteroatoms. The van der Waals surface area contributed by atoms with E-state index in [2.05, 4.69) is 5.92 Å². The average molecular weight is 98.1 g/mol. The van der Waals surface area contributed by atoms with Crippen molar-refractivity contribution < 1.29 is 4.39 Å². The highest BCUT2D eigenvalue weighted by Crippen LogP contribution is 1.75. The van der Waals surface area contributed by atoms with Crippen LogP contribution in [0.1, 0.15) is 13.3 Å². The maximum absolute atomic E-state index is 10.9. The molecule has 38 valence electrons. The molecule has 7 heavy (non-hydrogen) atoms. The summed E-state index contributed by atoms with van der Waals surface area (Å²) in [6, 6.07) is 0. The molecule has 0 aromatic heterocycles. The second-order valence-corrected chi connectivity index (χ2v) is 1.05.